The molecule has 1 atom stereocenters. The van der Waals surface area contributed by atoms with Crippen molar-refractivity contribution in [2.75, 3.05) is 41.4 Å². The Kier molecular flexibility index (Phi) is 4.84. The molecule has 0 bridgehead atoms. The van der Waals surface area contributed by atoms with Crippen molar-refractivity contribution in [2.45, 2.75) is 12.5 Å². The number of hydrogen-bond donors (Lipinski definition) is 3. The van der Waals surface area contributed by atoms with Gasteiger partial charge in [-0.1, -0.05) is 6.07 Å². The molecule has 1 aromatic rings. The van der Waals surface area contributed by atoms with Gasteiger partial charge in [-0.15, -0.1) is 0 Å². The Hall–Kier alpha value is -1.73. The van der Waals surface area contributed by atoms with Crippen LogP contribution >= 0.6 is 11.8 Å². The molecule has 7 heteroatoms. The average molecular weight is 320 g/mol. The summed E-state index contributed by atoms with van der Waals surface area (Å²) in [4.78, 5) is 25.5. The zero-order valence-corrected chi connectivity index (χ0v) is 13.1. The van der Waals surface area contributed by atoms with Gasteiger partial charge in [-0.25, -0.2) is 4.79 Å². The van der Waals surface area contributed by atoms with E-state index in [0.29, 0.717) is 19.5 Å². The Morgan fingerprint density at radius 3 is 3.05 bits per heavy atom. The standard InChI is InChI=1S/C15H20N4O2S/c20-14(9-12-10-22-7-5-16-12)18-11-2-1-3-13(8-11)19-6-4-17-15(19)21/h1-3,8,12,16H,4-7,9-10H2,(H,17,21)(H,18,20). The first kappa shape index (κ1) is 15.2. The number of benzene rings is 1. The van der Waals surface area contributed by atoms with Crippen LogP contribution in [0.3, 0.4) is 0 Å². The molecule has 1 aromatic carbocycles. The van der Waals surface area contributed by atoms with E-state index in [9.17, 15) is 9.59 Å². The van der Waals surface area contributed by atoms with Crippen LogP contribution in [0.25, 0.3) is 0 Å². The lowest BCUT2D eigenvalue weighted by molar-refractivity contribution is -0.116. The summed E-state index contributed by atoms with van der Waals surface area (Å²) < 4.78 is 0. The highest BCUT2D eigenvalue weighted by Crippen LogP contribution is 2.21. The monoisotopic (exact) mass is 320 g/mol. The van der Waals surface area contributed by atoms with E-state index in [4.69, 9.17) is 0 Å². The first-order valence-electron chi connectivity index (χ1n) is 7.49. The number of thioether (sulfide) groups is 1. The van der Waals surface area contributed by atoms with Crippen molar-refractivity contribution >= 4 is 35.1 Å². The molecule has 2 aliphatic rings. The van der Waals surface area contributed by atoms with Gasteiger partial charge in [-0.2, -0.15) is 11.8 Å². The molecule has 0 aromatic heterocycles. The largest absolute Gasteiger partial charge is 0.336 e. The number of hydrogen-bond acceptors (Lipinski definition) is 4. The number of anilines is 2. The van der Waals surface area contributed by atoms with E-state index in [1.807, 2.05) is 36.0 Å². The molecule has 2 fully saturated rings. The van der Waals surface area contributed by atoms with Gasteiger partial charge < -0.3 is 16.0 Å². The van der Waals surface area contributed by atoms with Gasteiger partial charge in [0.1, 0.15) is 0 Å². The summed E-state index contributed by atoms with van der Waals surface area (Å²) in [6, 6.07) is 7.56. The third kappa shape index (κ3) is 3.72. The van der Waals surface area contributed by atoms with Gasteiger partial charge in [0.2, 0.25) is 5.91 Å². The molecule has 22 heavy (non-hydrogen) atoms. The van der Waals surface area contributed by atoms with Gasteiger partial charge in [0.05, 0.1) is 0 Å². The normalized spacial score (nSPS) is 21.5. The molecule has 2 aliphatic heterocycles. The molecule has 3 rings (SSSR count). The second-order valence-corrected chi connectivity index (χ2v) is 6.56. The average Bonchev–Trinajstić information content (AvgIpc) is 2.94. The van der Waals surface area contributed by atoms with E-state index in [0.717, 1.165) is 29.4 Å². The number of rotatable bonds is 4. The summed E-state index contributed by atoms with van der Waals surface area (Å²) in [5, 5.41) is 9.05. The maximum absolute atomic E-state index is 12.1. The molecule has 3 N–H and O–H groups in total. The van der Waals surface area contributed by atoms with Crippen LogP contribution in [0, 0.1) is 0 Å². The quantitative estimate of drug-likeness (QED) is 0.781. The summed E-state index contributed by atoms with van der Waals surface area (Å²) in [5.41, 5.74) is 1.53. The molecular weight excluding hydrogens is 300 g/mol. The minimum atomic E-state index is -0.0908. The lowest BCUT2D eigenvalue weighted by Crippen LogP contribution is -2.39. The highest BCUT2D eigenvalue weighted by molar-refractivity contribution is 7.99. The van der Waals surface area contributed by atoms with Gasteiger partial charge in [-0.05, 0) is 18.2 Å². The molecule has 6 nitrogen and oxygen atoms in total. The number of urea groups is 1. The lowest BCUT2D eigenvalue weighted by atomic mass is 10.2. The minimum Gasteiger partial charge on any atom is -0.336 e. The number of amides is 3. The molecule has 3 amide bonds. The fraction of sp³-hybridized carbons (Fsp3) is 0.467. The van der Waals surface area contributed by atoms with E-state index in [1.54, 1.807) is 4.90 Å². The van der Waals surface area contributed by atoms with Crippen LogP contribution in [-0.4, -0.2) is 49.1 Å². The maximum Gasteiger partial charge on any atom is 0.321 e. The van der Waals surface area contributed by atoms with E-state index in [2.05, 4.69) is 16.0 Å². The fourth-order valence-electron chi connectivity index (χ4n) is 2.66. The number of nitrogens with zero attached hydrogens (tertiary/aromatic N) is 1. The summed E-state index contributed by atoms with van der Waals surface area (Å²) >= 11 is 1.88. The van der Waals surface area contributed by atoms with Gasteiger partial charge in [0.25, 0.3) is 0 Å². The third-order valence-electron chi connectivity index (χ3n) is 3.73. The van der Waals surface area contributed by atoms with Crippen molar-refractivity contribution in [3.05, 3.63) is 24.3 Å². The summed E-state index contributed by atoms with van der Waals surface area (Å²) in [6.45, 7) is 2.27. The predicted molar refractivity (Wildman–Crippen MR) is 89.5 cm³/mol. The topological polar surface area (TPSA) is 73.5 Å². The van der Waals surface area contributed by atoms with Crippen LogP contribution in [0.2, 0.25) is 0 Å². The Labute approximate surface area is 134 Å². The second-order valence-electron chi connectivity index (χ2n) is 5.41. The van der Waals surface area contributed by atoms with E-state index >= 15 is 0 Å². The Balaban J connectivity index is 1.60. The molecule has 2 heterocycles. The lowest BCUT2D eigenvalue weighted by Gasteiger charge is -2.22. The van der Waals surface area contributed by atoms with E-state index in [1.165, 1.54) is 0 Å². The summed E-state index contributed by atoms with van der Waals surface area (Å²) in [5.74, 6) is 2.09. The minimum absolute atomic E-state index is 0.00280. The fourth-order valence-corrected chi connectivity index (χ4v) is 3.61. The van der Waals surface area contributed by atoms with Gasteiger partial charge in [0, 0.05) is 55.0 Å². The SMILES string of the molecule is O=C(CC1CSCCN1)Nc1cccc(N2CCNC2=O)c1. The van der Waals surface area contributed by atoms with Crippen molar-refractivity contribution in [3.8, 4) is 0 Å². The molecule has 118 valence electrons. The van der Waals surface area contributed by atoms with Crippen LogP contribution < -0.4 is 20.9 Å². The highest BCUT2D eigenvalue weighted by Gasteiger charge is 2.21. The zero-order chi connectivity index (χ0) is 15.4. The van der Waals surface area contributed by atoms with Crippen LogP contribution in [0.15, 0.2) is 24.3 Å². The molecule has 2 saturated heterocycles. The van der Waals surface area contributed by atoms with Gasteiger partial charge in [-0.3, -0.25) is 9.69 Å². The molecule has 0 saturated carbocycles. The van der Waals surface area contributed by atoms with E-state index in [-0.39, 0.29) is 18.0 Å². The number of carbonyl (C=O) groups is 2. The third-order valence-corrected chi connectivity index (χ3v) is 4.86. The van der Waals surface area contributed by atoms with Crippen molar-refractivity contribution in [2.24, 2.45) is 0 Å². The molecule has 0 spiro atoms. The van der Waals surface area contributed by atoms with Crippen LogP contribution in [0.1, 0.15) is 6.42 Å². The second kappa shape index (κ2) is 7.02. The summed E-state index contributed by atoms with van der Waals surface area (Å²) in [7, 11) is 0. The van der Waals surface area contributed by atoms with Crippen LogP contribution in [0.5, 0.6) is 0 Å². The smallest absolute Gasteiger partial charge is 0.321 e. The Morgan fingerprint density at radius 2 is 2.32 bits per heavy atom. The van der Waals surface area contributed by atoms with Gasteiger partial charge in [0.15, 0.2) is 0 Å². The first-order chi connectivity index (χ1) is 10.7. The van der Waals surface area contributed by atoms with Crippen LogP contribution in [0.4, 0.5) is 16.2 Å². The van der Waals surface area contributed by atoms with Crippen molar-refractivity contribution < 1.29 is 9.59 Å². The first-order valence-corrected chi connectivity index (χ1v) is 8.64. The Bertz CT molecular complexity index is 560. The number of carbonyl (C=O) groups excluding carboxylic acids is 2. The predicted octanol–water partition coefficient (Wildman–Crippen LogP) is 1.25. The highest BCUT2D eigenvalue weighted by atomic mass is 32.2. The molecule has 0 aliphatic carbocycles. The molecule has 1 unspecified atom stereocenters. The molecular formula is C15H20N4O2S. The van der Waals surface area contributed by atoms with Crippen molar-refractivity contribution in [3.63, 3.8) is 0 Å². The van der Waals surface area contributed by atoms with Gasteiger partial charge >= 0.3 is 6.03 Å². The maximum atomic E-state index is 12.1. The van der Waals surface area contributed by atoms with Crippen molar-refractivity contribution in [1.82, 2.24) is 10.6 Å². The number of nitrogens with one attached hydrogen (secondary N) is 3. The van der Waals surface area contributed by atoms with Crippen molar-refractivity contribution in [1.29, 1.82) is 0 Å². The Morgan fingerprint density at radius 1 is 1.41 bits per heavy atom. The summed E-state index contributed by atoms with van der Waals surface area (Å²) in [6.07, 6.45) is 0.474. The molecule has 0 radical (unpaired) electrons. The van der Waals surface area contributed by atoms with E-state index < -0.39 is 0 Å². The van der Waals surface area contributed by atoms with Crippen LogP contribution in [-0.2, 0) is 4.79 Å². The zero-order valence-electron chi connectivity index (χ0n) is 12.3.